The van der Waals surface area contributed by atoms with E-state index in [4.69, 9.17) is 5.73 Å². The molecule has 2 aliphatic rings. The molecule has 0 aromatic heterocycles. The van der Waals surface area contributed by atoms with Gasteiger partial charge in [0, 0.05) is 0 Å². The molecule has 1 aliphatic carbocycles. The van der Waals surface area contributed by atoms with Crippen LogP contribution >= 0.6 is 12.4 Å². The molecule has 3 N–H and O–H groups in total. The molecule has 2 bridgehead atoms. The lowest BCUT2D eigenvalue weighted by Gasteiger charge is -2.30. The van der Waals surface area contributed by atoms with Gasteiger partial charge < -0.3 is 11.1 Å². The lowest BCUT2D eigenvalue weighted by molar-refractivity contribution is 0.235. The quantitative estimate of drug-likeness (QED) is 0.682. The summed E-state index contributed by atoms with van der Waals surface area (Å²) < 4.78 is 0. The molecule has 1 saturated carbocycles. The van der Waals surface area contributed by atoms with Crippen LogP contribution in [0.25, 0.3) is 0 Å². The molecule has 3 heteroatoms. The van der Waals surface area contributed by atoms with Gasteiger partial charge >= 0.3 is 0 Å². The molecule has 0 aromatic carbocycles. The molecule has 12 heavy (non-hydrogen) atoms. The zero-order chi connectivity index (χ0) is 7.68. The van der Waals surface area contributed by atoms with Gasteiger partial charge in [-0.25, -0.2) is 0 Å². The van der Waals surface area contributed by atoms with Crippen LogP contribution in [0.15, 0.2) is 0 Å². The Hall–Kier alpha value is 0.210. The van der Waals surface area contributed by atoms with Gasteiger partial charge in [0.2, 0.25) is 0 Å². The smallest absolute Gasteiger partial charge is 0.00176 e. The molecule has 1 heterocycles. The number of hydrogen-bond acceptors (Lipinski definition) is 2. The SMILES string of the molecule is Cl.NCCC1C2CCC1CNC2. The molecule has 2 nitrogen and oxygen atoms in total. The monoisotopic (exact) mass is 190 g/mol. The van der Waals surface area contributed by atoms with E-state index in [0.29, 0.717) is 0 Å². The summed E-state index contributed by atoms with van der Waals surface area (Å²) >= 11 is 0. The van der Waals surface area contributed by atoms with Crippen molar-refractivity contribution < 1.29 is 0 Å². The zero-order valence-corrected chi connectivity index (χ0v) is 8.28. The summed E-state index contributed by atoms with van der Waals surface area (Å²) in [7, 11) is 0. The van der Waals surface area contributed by atoms with Crippen molar-refractivity contribution in [3.8, 4) is 0 Å². The highest BCUT2D eigenvalue weighted by Crippen LogP contribution is 2.40. The van der Waals surface area contributed by atoms with E-state index in [1.807, 2.05) is 0 Å². The van der Waals surface area contributed by atoms with E-state index < -0.39 is 0 Å². The van der Waals surface area contributed by atoms with Crippen LogP contribution in [-0.4, -0.2) is 19.6 Å². The number of halogens is 1. The number of fused-ring (bicyclic) bond motifs is 2. The molecule has 2 fully saturated rings. The minimum Gasteiger partial charge on any atom is -0.330 e. The van der Waals surface area contributed by atoms with Gasteiger partial charge in [0.15, 0.2) is 0 Å². The molecule has 0 amide bonds. The maximum atomic E-state index is 5.59. The summed E-state index contributed by atoms with van der Waals surface area (Å²) in [5, 5.41) is 3.49. The van der Waals surface area contributed by atoms with Gasteiger partial charge in [-0.3, -0.25) is 0 Å². The molecular formula is C9H19ClN2. The minimum atomic E-state index is 0. The van der Waals surface area contributed by atoms with E-state index in [2.05, 4.69) is 5.32 Å². The van der Waals surface area contributed by atoms with Crippen LogP contribution < -0.4 is 11.1 Å². The third kappa shape index (κ3) is 1.76. The van der Waals surface area contributed by atoms with Crippen molar-refractivity contribution in [3.05, 3.63) is 0 Å². The largest absolute Gasteiger partial charge is 0.330 e. The average molecular weight is 191 g/mol. The van der Waals surface area contributed by atoms with Gasteiger partial charge in [-0.1, -0.05) is 0 Å². The van der Waals surface area contributed by atoms with E-state index in [1.54, 1.807) is 0 Å². The van der Waals surface area contributed by atoms with Crippen LogP contribution in [-0.2, 0) is 0 Å². The van der Waals surface area contributed by atoms with Crippen LogP contribution in [0.3, 0.4) is 0 Å². The van der Waals surface area contributed by atoms with Crippen molar-refractivity contribution in [1.29, 1.82) is 0 Å². The third-order valence-corrected chi connectivity index (χ3v) is 3.43. The number of nitrogens with one attached hydrogen (secondary N) is 1. The highest BCUT2D eigenvalue weighted by Gasteiger charge is 2.37. The van der Waals surface area contributed by atoms with E-state index in [9.17, 15) is 0 Å². The van der Waals surface area contributed by atoms with Gasteiger partial charge in [0.25, 0.3) is 0 Å². The summed E-state index contributed by atoms with van der Waals surface area (Å²) in [4.78, 5) is 0. The predicted molar refractivity (Wildman–Crippen MR) is 53.5 cm³/mol. The number of piperidine rings is 1. The Morgan fingerprint density at radius 1 is 1.17 bits per heavy atom. The second-order valence-corrected chi connectivity index (χ2v) is 4.00. The Labute approximate surface area is 80.7 Å². The molecular weight excluding hydrogens is 172 g/mol. The van der Waals surface area contributed by atoms with Gasteiger partial charge in [-0.15, -0.1) is 12.4 Å². The Balaban J connectivity index is 0.000000720. The number of hydrogen-bond donors (Lipinski definition) is 2. The molecule has 1 saturated heterocycles. The Kier molecular flexibility index (Phi) is 3.81. The number of rotatable bonds is 2. The minimum absolute atomic E-state index is 0. The predicted octanol–water partition coefficient (Wildman–Crippen LogP) is 1.00. The molecule has 2 unspecified atom stereocenters. The molecule has 2 atom stereocenters. The van der Waals surface area contributed by atoms with Crippen LogP contribution in [0.1, 0.15) is 19.3 Å². The van der Waals surface area contributed by atoms with E-state index in [-0.39, 0.29) is 12.4 Å². The second-order valence-electron chi connectivity index (χ2n) is 4.00. The Morgan fingerprint density at radius 3 is 2.25 bits per heavy atom. The normalized spacial score (nSPS) is 39.2. The Morgan fingerprint density at radius 2 is 1.75 bits per heavy atom. The van der Waals surface area contributed by atoms with Crippen LogP contribution in [0.5, 0.6) is 0 Å². The van der Waals surface area contributed by atoms with Crippen LogP contribution in [0.4, 0.5) is 0 Å². The van der Waals surface area contributed by atoms with Crippen LogP contribution in [0, 0.1) is 17.8 Å². The summed E-state index contributed by atoms with van der Waals surface area (Å²) in [5.74, 6) is 2.87. The topological polar surface area (TPSA) is 38.0 Å². The van der Waals surface area contributed by atoms with Gasteiger partial charge in [0.05, 0.1) is 0 Å². The molecule has 2 rings (SSSR count). The fourth-order valence-corrected chi connectivity index (χ4v) is 2.87. The molecule has 1 aliphatic heterocycles. The fourth-order valence-electron chi connectivity index (χ4n) is 2.87. The summed E-state index contributed by atoms with van der Waals surface area (Å²) in [6, 6.07) is 0. The van der Waals surface area contributed by atoms with Crippen molar-refractivity contribution in [3.63, 3.8) is 0 Å². The molecule has 72 valence electrons. The highest BCUT2D eigenvalue weighted by atomic mass is 35.5. The third-order valence-electron chi connectivity index (χ3n) is 3.43. The Bertz CT molecular complexity index is 124. The van der Waals surface area contributed by atoms with Crippen molar-refractivity contribution in [1.82, 2.24) is 5.32 Å². The highest BCUT2D eigenvalue weighted by molar-refractivity contribution is 5.85. The lowest BCUT2D eigenvalue weighted by atomic mass is 9.84. The number of nitrogens with two attached hydrogens (primary N) is 1. The first-order valence-corrected chi connectivity index (χ1v) is 4.82. The fraction of sp³-hybridized carbons (Fsp3) is 1.00. The first-order chi connectivity index (χ1) is 5.42. The average Bonchev–Trinajstić information content (AvgIpc) is 2.30. The summed E-state index contributed by atoms with van der Waals surface area (Å²) in [6.07, 6.45) is 4.15. The maximum Gasteiger partial charge on any atom is -0.00176 e. The zero-order valence-electron chi connectivity index (χ0n) is 7.46. The van der Waals surface area contributed by atoms with Crippen molar-refractivity contribution in [2.75, 3.05) is 19.6 Å². The first kappa shape index (κ1) is 10.3. The van der Waals surface area contributed by atoms with E-state index >= 15 is 0 Å². The second kappa shape index (κ2) is 4.45. The van der Waals surface area contributed by atoms with Crippen molar-refractivity contribution in [2.24, 2.45) is 23.5 Å². The first-order valence-electron chi connectivity index (χ1n) is 4.82. The maximum absolute atomic E-state index is 5.59. The van der Waals surface area contributed by atoms with Gasteiger partial charge in [-0.05, 0) is 56.7 Å². The summed E-state index contributed by atoms with van der Waals surface area (Å²) in [5.41, 5.74) is 5.59. The molecule has 0 spiro atoms. The molecule has 0 aromatic rings. The standard InChI is InChI=1S/C9H18N2.ClH/c10-4-3-9-7-1-2-8(9)6-11-5-7;/h7-9,11H,1-6,10H2;1H. The molecule has 0 radical (unpaired) electrons. The van der Waals surface area contributed by atoms with Crippen LogP contribution in [0.2, 0.25) is 0 Å². The van der Waals surface area contributed by atoms with E-state index in [1.165, 1.54) is 32.4 Å². The van der Waals surface area contributed by atoms with Gasteiger partial charge in [-0.2, -0.15) is 0 Å². The summed E-state index contributed by atoms with van der Waals surface area (Å²) in [6.45, 7) is 3.39. The van der Waals surface area contributed by atoms with Crippen molar-refractivity contribution in [2.45, 2.75) is 19.3 Å². The lowest BCUT2D eigenvalue weighted by Crippen LogP contribution is -2.38. The van der Waals surface area contributed by atoms with E-state index in [0.717, 1.165) is 24.3 Å². The van der Waals surface area contributed by atoms with Crippen molar-refractivity contribution >= 4 is 12.4 Å². The van der Waals surface area contributed by atoms with Gasteiger partial charge in [0.1, 0.15) is 0 Å².